The largest absolute Gasteiger partial charge is 0.353 e. The van der Waals surface area contributed by atoms with Gasteiger partial charge in [0.25, 0.3) is 0 Å². The second kappa shape index (κ2) is 7.58. The third-order valence-corrected chi connectivity index (χ3v) is 4.65. The molecule has 2 aromatic carbocycles. The van der Waals surface area contributed by atoms with Crippen LogP contribution >= 0.6 is 0 Å². The number of carbonyl (C=O) groups excluding carboxylic acids is 1. The quantitative estimate of drug-likeness (QED) is 0.735. The highest BCUT2D eigenvalue weighted by Gasteiger charge is 2.17. The lowest BCUT2D eigenvalue weighted by atomic mass is 10.1. The summed E-state index contributed by atoms with van der Waals surface area (Å²) in [7, 11) is 5.69. The number of para-hydroxylation sites is 2. The molecule has 1 aromatic heterocycles. The summed E-state index contributed by atoms with van der Waals surface area (Å²) in [5, 5.41) is 2.96. The van der Waals surface area contributed by atoms with Gasteiger partial charge in [0.05, 0.1) is 17.1 Å². The van der Waals surface area contributed by atoms with E-state index >= 15 is 0 Å². The van der Waals surface area contributed by atoms with Crippen molar-refractivity contribution in [2.45, 2.75) is 12.6 Å². The van der Waals surface area contributed by atoms with E-state index in [9.17, 15) is 9.59 Å². The van der Waals surface area contributed by atoms with Crippen LogP contribution in [0.4, 0.5) is 0 Å². The van der Waals surface area contributed by atoms with Gasteiger partial charge in [0.1, 0.15) is 6.54 Å². The van der Waals surface area contributed by atoms with Gasteiger partial charge in [0.15, 0.2) is 0 Å². The van der Waals surface area contributed by atoms with Crippen LogP contribution in [-0.4, -0.2) is 40.6 Å². The molecule has 136 valence electrons. The van der Waals surface area contributed by atoms with Crippen molar-refractivity contribution in [3.05, 3.63) is 70.6 Å². The monoisotopic (exact) mass is 352 g/mol. The molecule has 0 bridgehead atoms. The van der Waals surface area contributed by atoms with E-state index in [1.807, 2.05) is 68.7 Å². The van der Waals surface area contributed by atoms with E-state index in [1.54, 1.807) is 11.6 Å². The lowest BCUT2D eigenvalue weighted by Gasteiger charge is -2.25. The molecule has 0 saturated heterocycles. The molecule has 1 N–H and O–H groups in total. The summed E-state index contributed by atoms with van der Waals surface area (Å²) in [4.78, 5) is 27.0. The van der Waals surface area contributed by atoms with E-state index in [1.165, 1.54) is 4.57 Å². The number of imidazole rings is 1. The highest BCUT2D eigenvalue weighted by molar-refractivity contribution is 5.80. The first-order chi connectivity index (χ1) is 12.5. The Morgan fingerprint density at radius 1 is 1.04 bits per heavy atom. The van der Waals surface area contributed by atoms with E-state index < -0.39 is 0 Å². The molecule has 0 radical (unpaired) electrons. The number of nitrogens with one attached hydrogen (secondary N) is 1. The summed E-state index contributed by atoms with van der Waals surface area (Å²) in [5.41, 5.74) is 2.54. The molecule has 0 spiro atoms. The number of aryl methyl sites for hydroxylation is 1. The molecule has 1 heterocycles. The van der Waals surface area contributed by atoms with Crippen LogP contribution in [0.5, 0.6) is 0 Å². The van der Waals surface area contributed by atoms with Gasteiger partial charge in [-0.15, -0.1) is 0 Å². The maximum atomic E-state index is 12.5. The fourth-order valence-electron chi connectivity index (χ4n) is 3.20. The van der Waals surface area contributed by atoms with Gasteiger partial charge in [-0.2, -0.15) is 0 Å². The third-order valence-electron chi connectivity index (χ3n) is 4.65. The highest BCUT2D eigenvalue weighted by Crippen LogP contribution is 2.16. The van der Waals surface area contributed by atoms with E-state index in [0.29, 0.717) is 6.54 Å². The molecule has 1 amide bonds. The standard InChI is InChI=1S/C20H24N4O2/c1-22(2)18(15-9-5-4-6-10-15)13-21-19(25)14-24-17-12-8-7-11-16(17)23(3)20(24)26/h4-12,18H,13-14H2,1-3H3,(H,21,25). The zero-order valence-corrected chi connectivity index (χ0v) is 15.3. The molecular weight excluding hydrogens is 328 g/mol. The first-order valence-electron chi connectivity index (χ1n) is 8.61. The molecule has 0 aliphatic rings. The van der Waals surface area contributed by atoms with Crippen molar-refractivity contribution in [1.29, 1.82) is 0 Å². The van der Waals surface area contributed by atoms with Crippen LogP contribution in [0.3, 0.4) is 0 Å². The van der Waals surface area contributed by atoms with Gasteiger partial charge in [-0.3, -0.25) is 13.9 Å². The van der Waals surface area contributed by atoms with E-state index in [-0.39, 0.29) is 24.2 Å². The minimum absolute atomic E-state index is 0.00905. The second-order valence-electron chi connectivity index (χ2n) is 6.61. The van der Waals surface area contributed by atoms with Crippen LogP contribution in [0.1, 0.15) is 11.6 Å². The smallest absolute Gasteiger partial charge is 0.329 e. The lowest BCUT2D eigenvalue weighted by molar-refractivity contribution is -0.121. The maximum absolute atomic E-state index is 12.5. The van der Waals surface area contributed by atoms with Crippen LogP contribution in [0.2, 0.25) is 0 Å². The molecule has 1 unspecified atom stereocenters. The molecule has 0 saturated carbocycles. The topological polar surface area (TPSA) is 59.3 Å². The van der Waals surface area contributed by atoms with Crippen LogP contribution in [0, 0.1) is 0 Å². The van der Waals surface area contributed by atoms with Crippen LogP contribution < -0.4 is 11.0 Å². The molecular formula is C20H24N4O2. The van der Waals surface area contributed by atoms with Crippen LogP contribution in [-0.2, 0) is 18.4 Å². The highest BCUT2D eigenvalue weighted by atomic mass is 16.2. The number of benzene rings is 2. The fraction of sp³-hybridized carbons (Fsp3) is 0.300. The van der Waals surface area contributed by atoms with Crippen molar-refractivity contribution in [3.63, 3.8) is 0 Å². The first-order valence-corrected chi connectivity index (χ1v) is 8.61. The van der Waals surface area contributed by atoms with E-state index in [2.05, 4.69) is 10.2 Å². The van der Waals surface area contributed by atoms with Crippen molar-refractivity contribution < 1.29 is 4.79 Å². The number of likely N-dealkylation sites (N-methyl/N-ethyl adjacent to an activating group) is 1. The van der Waals surface area contributed by atoms with Gasteiger partial charge in [0.2, 0.25) is 5.91 Å². The van der Waals surface area contributed by atoms with Crippen molar-refractivity contribution in [3.8, 4) is 0 Å². The Hall–Kier alpha value is -2.86. The summed E-state index contributed by atoms with van der Waals surface area (Å²) in [6.45, 7) is 0.491. The minimum atomic E-state index is -0.187. The Morgan fingerprint density at radius 2 is 1.65 bits per heavy atom. The zero-order valence-electron chi connectivity index (χ0n) is 15.3. The molecule has 26 heavy (non-hydrogen) atoms. The molecule has 3 rings (SSSR count). The van der Waals surface area contributed by atoms with Crippen LogP contribution in [0.25, 0.3) is 11.0 Å². The maximum Gasteiger partial charge on any atom is 0.329 e. The van der Waals surface area contributed by atoms with Gasteiger partial charge in [0, 0.05) is 13.6 Å². The molecule has 6 heteroatoms. The lowest BCUT2D eigenvalue weighted by Crippen LogP contribution is -2.37. The van der Waals surface area contributed by atoms with E-state index in [0.717, 1.165) is 16.6 Å². The second-order valence-corrected chi connectivity index (χ2v) is 6.61. The van der Waals surface area contributed by atoms with Gasteiger partial charge >= 0.3 is 5.69 Å². The Balaban J connectivity index is 1.73. The Bertz CT molecular complexity index is 957. The van der Waals surface area contributed by atoms with Gasteiger partial charge in [-0.05, 0) is 31.8 Å². The van der Waals surface area contributed by atoms with Crippen LogP contribution in [0.15, 0.2) is 59.4 Å². The van der Waals surface area contributed by atoms with Gasteiger partial charge in [-0.25, -0.2) is 4.79 Å². The molecule has 1 atom stereocenters. The van der Waals surface area contributed by atoms with Gasteiger partial charge < -0.3 is 10.2 Å². The Morgan fingerprint density at radius 3 is 2.31 bits per heavy atom. The Kier molecular flexibility index (Phi) is 5.23. The number of aromatic nitrogens is 2. The average Bonchev–Trinajstić information content (AvgIpc) is 2.88. The first kappa shape index (κ1) is 17.9. The van der Waals surface area contributed by atoms with Crippen molar-refractivity contribution in [2.75, 3.05) is 20.6 Å². The SMILES string of the molecule is CN(C)C(CNC(=O)Cn1c(=O)n(C)c2ccccc21)c1ccccc1. The summed E-state index contributed by atoms with van der Waals surface area (Å²) in [5.74, 6) is -0.175. The number of nitrogens with zero attached hydrogens (tertiary/aromatic N) is 3. The number of amides is 1. The normalized spacial score (nSPS) is 12.5. The number of carbonyl (C=O) groups is 1. The average molecular weight is 352 g/mol. The summed E-state index contributed by atoms with van der Waals surface area (Å²) in [6.07, 6.45) is 0. The van der Waals surface area contributed by atoms with Crippen molar-refractivity contribution in [2.24, 2.45) is 7.05 Å². The summed E-state index contributed by atoms with van der Waals surface area (Å²) >= 11 is 0. The predicted molar refractivity (Wildman–Crippen MR) is 103 cm³/mol. The molecule has 0 aliphatic carbocycles. The summed E-state index contributed by atoms with van der Waals surface area (Å²) in [6, 6.07) is 17.6. The number of hydrogen-bond donors (Lipinski definition) is 1. The van der Waals surface area contributed by atoms with Gasteiger partial charge in [-0.1, -0.05) is 42.5 Å². The molecule has 0 aliphatic heterocycles. The zero-order chi connectivity index (χ0) is 18.7. The predicted octanol–water partition coefficient (Wildman–Crippen LogP) is 1.76. The number of hydrogen-bond acceptors (Lipinski definition) is 3. The third kappa shape index (κ3) is 3.55. The number of rotatable bonds is 6. The molecule has 3 aromatic rings. The minimum Gasteiger partial charge on any atom is -0.353 e. The summed E-state index contributed by atoms with van der Waals surface area (Å²) < 4.78 is 3.08. The van der Waals surface area contributed by atoms with Crippen molar-refractivity contribution >= 4 is 16.9 Å². The number of fused-ring (bicyclic) bond motifs is 1. The van der Waals surface area contributed by atoms with E-state index in [4.69, 9.17) is 0 Å². The fourth-order valence-corrected chi connectivity index (χ4v) is 3.20. The molecule has 0 fully saturated rings. The Labute approximate surface area is 152 Å². The molecule has 6 nitrogen and oxygen atoms in total. The van der Waals surface area contributed by atoms with Crippen molar-refractivity contribution in [1.82, 2.24) is 19.4 Å².